The highest BCUT2D eigenvalue weighted by Crippen LogP contribution is 2.26. The van der Waals surface area contributed by atoms with Gasteiger partial charge in [0.15, 0.2) is 0 Å². The molecule has 0 aliphatic heterocycles. The van der Waals surface area contributed by atoms with Gasteiger partial charge in [-0.2, -0.15) is 0 Å². The summed E-state index contributed by atoms with van der Waals surface area (Å²) in [6.07, 6.45) is 0. The summed E-state index contributed by atoms with van der Waals surface area (Å²) in [4.78, 5) is 21.9. The first kappa shape index (κ1) is 22.5. The number of thioether (sulfide) groups is 1. The van der Waals surface area contributed by atoms with E-state index < -0.39 is 11.9 Å². The molecule has 0 spiro atoms. The van der Waals surface area contributed by atoms with Gasteiger partial charge in [-0.1, -0.05) is 52.0 Å². The fraction of sp³-hybridized carbons (Fsp3) is 0.263. The molecule has 6 heteroatoms. The zero-order chi connectivity index (χ0) is 19.4. The SMILES string of the molecule is CC.CC(C)Sc1ccccc1C(=O)O.O=C(O)c1ccccc1O. The van der Waals surface area contributed by atoms with Crippen molar-refractivity contribution < 1.29 is 24.9 Å². The van der Waals surface area contributed by atoms with Gasteiger partial charge in [-0.25, -0.2) is 9.59 Å². The third kappa shape index (κ3) is 8.26. The average molecular weight is 364 g/mol. The number of rotatable bonds is 4. The first-order chi connectivity index (χ1) is 11.8. The van der Waals surface area contributed by atoms with Crippen molar-refractivity contribution in [2.45, 2.75) is 37.8 Å². The summed E-state index contributed by atoms with van der Waals surface area (Å²) in [5.74, 6) is -2.17. The highest BCUT2D eigenvalue weighted by atomic mass is 32.2. The van der Waals surface area contributed by atoms with E-state index in [1.807, 2.05) is 39.8 Å². The van der Waals surface area contributed by atoms with E-state index in [1.165, 1.54) is 12.1 Å². The fourth-order valence-electron chi connectivity index (χ4n) is 1.65. The zero-order valence-corrected chi connectivity index (χ0v) is 15.6. The van der Waals surface area contributed by atoms with Crippen molar-refractivity contribution in [3.8, 4) is 5.75 Å². The molecule has 2 rings (SSSR count). The predicted octanol–water partition coefficient (Wildman–Crippen LogP) is 5.00. The number of phenols is 1. The highest BCUT2D eigenvalue weighted by molar-refractivity contribution is 8.00. The summed E-state index contributed by atoms with van der Waals surface area (Å²) in [6, 6.07) is 12.9. The van der Waals surface area contributed by atoms with E-state index in [0.717, 1.165) is 4.90 Å². The number of benzene rings is 2. The summed E-state index contributed by atoms with van der Waals surface area (Å²) in [6.45, 7) is 8.09. The van der Waals surface area contributed by atoms with E-state index in [0.29, 0.717) is 10.8 Å². The minimum Gasteiger partial charge on any atom is -0.507 e. The van der Waals surface area contributed by atoms with Crippen molar-refractivity contribution in [1.29, 1.82) is 0 Å². The number of para-hydroxylation sites is 1. The molecule has 0 radical (unpaired) electrons. The van der Waals surface area contributed by atoms with Crippen LogP contribution in [0.25, 0.3) is 0 Å². The van der Waals surface area contributed by atoms with E-state index in [9.17, 15) is 9.59 Å². The second kappa shape index (κ2) is 12.0. The molecule has 2 aromatic carbocycles. The Hall–Kier alpha value is -2.47. The molecule has 0 atom stereocenters. The van der Waals surface area contributed by atoms with Crippen LogP contribution < -0.4 is 0 Å². The lowest BCUT2D eigenvalue weighted by Gasteiger charge is -2.07. The first-order valence-corrected chi connectivity index (χ1v) is 8.71. The maximum absolute atomic E-state index is 10.8. The second-order valence-corrected chi connectivity index (χ2v) is 6.41. The number of hydrogen-bond donors (Lipinski definition) is 3. The van der Waals surface area contributed by atoms with Gasteiger partial charge in [0.25, 0.3) is 0 Å². The highest BCUT2D eigenvalue weighted by Gasteiger charge is 2.10. The topological polar surface area (TPSA) is 94.8 Å². The molecule has 3 N–H and O–H groups in total. The van der Waals surface area contributed by atoms with Gasteiger partial charge in [-0.3, -0.25) is 0 Å². The van der Waals surface area contributed by atoms with Gasteiger partial charge < -0.3 is 15.3 Å². The van der Waals surface area contributed by atoms with Crippen molar-refractivity contribution in [3.05, 3.63) is 59.7 Å². The molecule has 0 bridgehead atoms. The smallest absolute Gasteiger partial charge is 0.339 e. The van der Waals surface area contributed by atoms with E-state index in [1.54, 1.807) is 36.0 Å². The van der Waals surface area contributed by atoms with Gasteiger partial charge in [-0.05, 0) is 24.3 Å². The van der Waals surface area contributed by atoms with Gasteiger partial charge in [0, 0.05) is 10.1 Å². The minimum atomic E-state index is -1.11. The molecule has 0 unspecified atom stereocenters. The normalized spacial score (nSPS) is 9.32. The summed E-state index contributed by atoms with van der Waals surface area (Å²) in [5, 5.41) is 26.6. The Morgan fingerprint density at radius 2 is 1.28 bits per heavy atom. The van der Waals surface area contributed by atoms with E-state index in [2.05, 4.69) is 0 Å². The van der Waals surface area contributed by atoms with Gasteiger partial charge in [-0.15, -0.1) is 11.8 Å². The molecular weight excluding hydrogens is 340 g/mol. The molecule has 0 aromatic heterocycles. The molecule has 0 heterocycles. The largest absolute Gasteiger partial charge is 0.507 e. The molecule has 2 aromatic rings. The molecule has 0 saturated heterocycles. The molecule has 0 fully saturated rings. The van der Waals surface area contributed by atoms with Crippen LogP contribution in [0.15, 0.2) is 53.4 Å². The van der Waals surface area contributed by atoms with Crippen LogP contribution in [-0.2, 0) is 0 Å². The molecule has 0 amide bonds. The molecule has 5 nitrogen and oxygen atoms in total. The van der Waals surface area contributed by atoms with Crippen LogP contribution in [0.1, 0.15) is 48.4 Å². The quantitative estimate of drug-likeness (QED) is 0.661. The zero-order valence-electron chi connectivity index (χ0n) is 14.8. The second-order valence-electron chi connectivity index (χ2n) is 4.79. The van der Waals surface area contributed by atoms with Crippen LogP contribution in [0.2, 0.25) is 0 Å². The maximum atomic E-state index is 10.8. The lowest BCUT2D eigenvalue weighted by Crippen LogP contribution is -1.99. The van der Waals surface area contributed by atoms with Crippen LogP contribution in [0, 0.1) is 0 Å². The van der Waals surface area contributed by atoms with Crippen molar-refractivity contribution in [1.82, 2.24) is 0 Å². The Bertz CT molecular complexity index is 683. The maximum Gasteiger partial charge on any atom is 0.339 e. The molecule has 0 saturated carbocycles. The summed E-state index contributed by atoms with van der Waals surface area (Å²) in [7, 11) is 0. The van der Waals surface area contributed by atoms with Crippen molar-refractivity contribution >= 4 is 23.7 Å². The number of hydrogen-bond acceptors (Lipinski definition) is 4. The monoisotopic (exact) mass is 364 g/mol. The van der Waals surface area contributed by atoms with Gasteiger partial charge in [0.2, 0.25) is 0 Å². The summed E-state index contributed by atoms with van der Waals surface area (Å²) < 4.78 is 0. The Morgan fingerprint density at radius 3 is 1.68 bits per heavy atom. The summed E-state index contributed by atoms with van der Waals surface area (Å²) in [5.41, 5.74) is 0.323. The molecule has 0 aliphatic rings. The molecule has 0 aliphatic carbocycles. The van der Waals surface area contributed by atoms with Crippen LogP contribution in [-0.4, -0.2) is 32.5 Å². The third-order valence-electron chi connectivity index (χ3n) is 2.61. The van der Waals surface area contributed by atoms with E-state index in [4.69, 9.17) is 15.3 Å². The van der Waals surface area contributed by atoms with Gasteiger partial charge >= 0.3 is 11.9 Å². The Labute approximate surface area is 152 Å². The number of carboxylic acid groups (broad SMARTS) is 2. The van der Waals surface area contributed by atoms with Crippen molar-refractivity contribution in [2.75, 3.05) is 0 Å². The number of aromatic carboxylic acids is 2. The van der Waals surface area contributed by atoms with E-state index >= 15 is 0 Å². The third-order valence-corrected chi connectivity index (χ3v) is 3.70. The first-order valence-electron chi connectivity index (χ1n) is 7.83. The Kier molecular flexibility index (Phi) is 10.8. The number of carboxylic acids is 2. The van der Waals surface area contributed by atoms with Crippen molar-refractivity contribution in [3.63, 3.8) is 0 Å². The standard InChI is InChI=1S/C10H12O2S.C7H6O3.C2H6/c1-7(2)13-9-6-4-3-5-8(9)10(11)12;8-6-4-2-1-3-5(6)7(9)10;1-2/h3-7H,1-2H3,(H,11,12);1-4,8H,(H,9,10);1-2H3. The summed E-state index contributed by atoms with van der Waals surface area (Å²) >= 11 is 1.57. The minimum absolute atomic E-state index is 0.0671. The Balaban J connectivity index is 0.000000430. The van der Waals surface area contributed by atoms with Crippen LogP contribution in [0.5, 0.6) is 5.75 Å². The number of carbonyl (C=O) groups is 2. The van der Waals surface area contributed by atoms with Crippen LogP contribution in [0.4, 0.5) is 0 Å². The van der Waals surface area contributed by atoms with Gasteiger partial charge in [0.05, 0.1) is 5.56 Å². The molecule has 25 heavy (non-hydrogen) atoms. The fourth-order valence-corrected chi connectivity index (χ4v) is 2.60. The van der Waals surface area contributed by atoms with Gasteiger partial charge in [0.1, 0.15) is 11.3 Å². The van der Waals surface area contributed by atoms with Crippen LogP contribution in [0.3, 0.4) is 0 Å². The lowest BCUT2D eigenvalue weighted by atomic mass is 10.2. The lowest BCUT2D eigenvalue weighted by molar-refractivity contribution is 0.0682. The van der Waals surface area contributed by atoms with Crippen molar-refractivity contribution in [2.24, 2.45) is 0 Å². The molecule has 136 valence electrons. The Morgan fingerprint density at radius 1 is 0.840 bits per heavy atom. The average Bonchev–Trinajstić information content (AvgIpc) is 2.57. The number of aromatic hydroxyl groups is 1. The molecular formula is C19H24O5S. The van der Waals surface area contributed by atoms with E-state index in [-0.39, 0.29) is 11.3 Å². The van der Waals surface area contributed by atoms with Crippen LogP contribution >= 0.6 is 11.8 Å². The predicted molar refractivity (Wildman–Crippen MR) is 101 cm³/mol.